The van der Waals surface area contributed by atoms with E-state index in [2.05, 4.69) is 27.4 Å². The van der Waals surface area contributed by atoms with Gasteiger partial charge in [0.2, 0.25) is 0 Å². The number of aromatic amines is 1. The smallest absolute Gasteiger partial charge is 0.348 e. The molecule has 2 aromatic heterocycles. The third-order valence-electron chi connectivity index (χ3n) is 2.39. The van der Waals surface area contributed by atoms with Crippen molar-refractivity contribution in [3.63, 3.8) is 0 Å². The zero-order valence-corrected chi connectivity index (χ0v) is 9.80. The lowest BCUT2D eigenvalue weighted by molar-refractivity contribution is 0.164. The van der Waals surface area contributed by atoms with Crippen molar-refractivity contribution in [2.75, 3.05) is 25.6 Å². The maximum atomic E-state index is 11.2. The van der Waals surface area contributed by atoms with Crippen LogP contribution in [0.15, 0.2) is 17.2 Å². The number of nitrogens with zero attached hydrogens (tertiary/aromatic N) is 3. The molecule has 0 bridgehead atoms. The van der Waals surface area contributed by atoms with Crippen molar-refractivity contribution >= 4 is 11.5 Å². The summed E-state index contributed by atoms with van der Waals surface area (Å²) >= 11 is 0. The average molecular weight is 237 g/mol. The van der Waals surface area contributed by atoms with Gasteiger partial charge in [-0.05, 0) is 5.92 Å². The predicted octanol–water partition coefficient (Wildman–Crippen LogP) is 0.112. The maximum absolute atomic E-state index is 11.2. The van der Waals surface area contributed by atoms with E-state index in [0.29, 0.717) is 24.0 Å². The first-order valence-electron chi connectivity index (χ1n) is 5.36. The fourth-order valence-electron chi connectivity index (χ4n) is 1.53. The van der Waals surface area contributed by atoms with E-state index in [1.54, 1.807) is 13.2 Å². The lowest BCUT2D eigenvalue weighted by Gasteiger charge is -2.11. The van der Waals surface area contributed by atoms with Crippen molar-refractivity contribution < 1.29 is 4.74 Å². The van der Waals surface area contributed by atoms with Crippen molar-refractivity contribution in [2.24, 2.45) is 5.92 Å². The van der Waals surface area contributed by atoms with E-state index in [1.165, 1.54) is 10.7 Å². The molecule has 7 nitrogen and oxygen atoms in total. The molecule has 0 saturated heterocycles. The summed E-state index contributed by atoms with van der Waals surface area (Å²) in [7, 11) is 1.68. The standard InChI is InChI=1S/C10H15N5O2/c1-7(5-17-2)4-11-8-3-9-13-14-10(16)15(9)6-12-8/h3,6-7,11H,4-5H2,1-2H3,(H,14,16). The second kappa shape index (κ2) is 4.96. The molecule has 17 heavy (non-hydrogen) atoms. The summed E-state index contributed by atoms with van der Waals surface area (Å²) in [4.78, 5) is 15.3. The number of anilines is 1. The van der Waals surface area contributed by atoms with Crippen LogP contribution in [-0.2, 0) is 4.74 Å². The monoisotopic (exact) mass is 237 g/mol. The number of fused-ring (bicyclic) bond motifs is 1. The Morgan fingerprint density at radius 2 is 2.47 bits per heavy atom. The number of rotatable bonds is 5. The van der Waals surface area contributed by atoms with Crippen LogP contribution in [0.5, 0.6) is 0 Å². The van der Waals surface area contributed by atoms with Gasteiger partial charge in [-0.15, -0.1) is 0 Å². The van der Waals surface area contributed by atoms with Crippen LogP contribution in [0.25, 0.3) is 5.65 Å². The van der Waals surface area contributed by atoms with Crippen LogP contribution in [-0.4, -0.2) is 39.8 Å². The SMILES string of the molecule is COCC(C)CNc1cc2n[nH]c(=O)n2cn1. The fourth-order valence-corrected chi connectivity index (χ4v) is 1.53. The van der Waals surface area contributed by atoms with E-state index in [-0.39, 0.29) is 5.69 Å². The van der Waals surface area contributed by atoms with Crippen LogP contribution in [0.3, 0.4) is 0 Å². The summed E-state index contributed by atoms with van der Waals surface area (Å²) < 4.78 is 6.39. The van der Waals surface area contributed by atoms with E-state index in [4.69, 9.17) is 4.74 Å². The predicted molar refractivity (Wildman–Crippen MR) is 63.1 cm³/mol. The van der Waals surface area contributed by atoms with E-state index in [1.807, 2.05) is 0 Å². The van der Waals surface area contributed by atoms with Crippen LogP contribution < -0.4 is 11.0 Å². The molecule has 0 aromatic carbocycles. The summed E-state index contributed by atoms with van der Waals surface area (Å²) in [5.74, 6) is 1.08. The van der Waals surface area contributed by atoms with Crippen molar-refractivity contribution in [3.05, 3.63) is 22.9 Å². The van der Waals surface area contributed by atoms with Crippen LogP contribution in [0.4, 0.5) is 5.82 Å². The van der Waals surface area contributed by atoms with Gasteiger partial charge in [0.25, 0.3) is 0 Å². The fraction of sp³-hybridized carbons (Fsp3) is 0.500. The molecular weight excluding hydrogens is 222 g/mol. The number of nitrogens with one attached hydrogen (secondary N) is 2. The number of hydrogen-bond donors (Lipinski definition) is 2. The third-order valence-corrected chi connectivity index (χ3v) is 2.39. The first kappa shape index (κ1) is 11.6. The lowest BCUT2D eigenvalue weighted by Crippen LogP contribution is -2.17. The second-order valence-electron chi connectivity index (χ2n) is 3.97. The van der Waals surface area contributed by atoms with Gasteiger partial charge < -0.3 is 10.1 Å². The van der Waals surface area contributed by atoms with Crippen LogP contribution in [0.2, 0.25) is 0 Å². The summed E-state index contributed by atoms with van der Waals surface area (Å²) in [6.07, 6.45) is 1.45. The number of hydrogen-bond acceptors (Lipinski definition) is 5. The molecule has 0 radical (unpaired) electrons. The molecule has 0 spiro atoms. The quantitative estimate of drug-likeness (QED) is 0.771. The highest BCUT2D eigenvalue weighted by Crippen LogP contribution is 2.05. The zero-order valence-electron chi connectivity index (χ0n) is 9.80. The van der Waals surface area contributed by atoms with E-state index >= 15 is 0 Å². The van der Waals surface area contributed by atoms with Gasteiger partial charge in [-0.25, -0.2) is 19.3 Å². The van der Waals surface area contributed by atoms with Gasteiger partial charge in [-0.2, -0.15) is 5.10 Å². The Hall–Kier alpha value is -1.89. The Bertz CT molecular complexity index is 547. The van der Waals surface area contributed by atoms with Crippen LogP contribution in [0, 0.1) is 5.92 Å². The molecule has 2 N–H and O–H groups in total. The second-order valence-corrected chi connectivity index (χ2v) is 3.97. The summed E-state index contributed by atoms with van der Waals surface area (Å²) in [6, 6.07) is 1.72. The van der Waals surface area contributed by atoms with E-state index in [9.17, 15) is 4.79 Å². The summed E-state index contributed by atoms with van der Waals surface area (Å²) in [5.41, 5.74) is 0.263. The normalized spacial score (nSPS) is 12.8. The Morgan fingerprint density at radius 3 is 3.24 bits per heavy atom. The Morgan fingerprint density at radius 1 is 1.65 bits per heavy atom. The minimum Gasteiger partial charge on any atom is -0.384 e. The van der Waals surface area contributed by atoms with Crippen molar-refractivity contribution in [1.82, 2.24) is 19.6 Å². The number of aromatic nitrogens is 4. The van der Waals surface area contributed by atoms with Gasteiger partial charge >= 0.3 is 5.69 Å². The van der Waals surface area contributed by atoms with Gasteiger partial charge in [0, 0.05) is 19.7 Å². The molecule has 1 unspecified atom stereocenters. The number of H-pyrrole nitrogens is 1. The van der Waals surface area contributed by atoms with Gasteiger partial charge in [0.1, 0.15) is 12.1 Å². The molecular formula is C10H15N5O2. The topological polar surface area (TPSA) is 84.3 Å². The van der Waals surface area contributed by atoms with Crippen molar-refractivity contribution in [2.45, 2.75) is 6.92 Å². The first-order valence-corrected chi connectivity index (χ1v) is 5.36. The summed E-state index contributed by atoms with van der Waals surface area (Å²) in [6.45, 7) is 3.52. The largest absolute Gasteiger partial charge is 0.384 e. The Balaban J connectivity index is 2.07. The lowest BCUT2D eigenvalue weighted by atomic mass is 10.2. The van der Waals surface area contributed by atoms with Crippen molar-refractivity contribution in [3.8, 4) is 0 Å². The van der Waals surface area contributed by atoms with Gasteiger partial charge in [0.05, 0.1) is 6.61 Å². The molecule has 7 heteroatoms. The average Bonchev–Trinajstić information content (AvgIpc) is 2.69. The molecule has 0 aliphatic heterocycles. The molecule has 1 atom stereocenters. The summed E-state index contributed by atoms with van der Waals surface area (Å²) in [5, 5.41) is 9.39. The molecule has 0 aliphatic carbocycles. The minimum atomic E-state index is -0.285. The minimum absolute atomic E-state index is 0.285. The van der Waals surface area contributed by atoms with Gasteiger partial charge in [0.15, 0.2) is 5.65 Å². The number of methoxy groups -OCH3 is 1. The molecule has 2 rings (SSSR count). The molecule has 2 heterocycles. The number of ether oxygens (including phenoxy) is 1. The highest BCUT2D eigenvalue weighted by atomic mass is 16.5. The van der Waals surface area contributed by atoms with Gasteiger partial charge in [-0.1, -0.05) is 6.92 Å². The molecule has 0 fully saturated rings. The molecule has 2 aromatic rings. The highest BCUT2D eigenvalue weighted by molar-refractivity contribution is 5.48. The van der Waals surface area contributed by atoms with Crippen LogP contribution in [0.1, 0.15) is 6.92 Å². The molecule has 92 valence electrons. The first-order chi connectivity index (χ1) is 8.20. The third kappa shape index (κ3) is 2.62. The highest BCUT2D eigenvalue weighted by Gasteiger charge is 2.04. The Kier molecular flexibility index (Phi) is 3.38. The van der Waals surface area contributed by atoms with Crippen LogP contribution >= 0.6 is 0 Å². The maximum Gasteiger partial charge on any atom is 0.348 e. The van der Waals surface area contributed by atoms with E-state index < -0.39 is 0 Å². The molecule has 0 aliphatic rings. The zero-order chi connectivity index (χ0) is 12.3. The molecule has 0 saturated carbocycles. The van der Waals surface area contributed by atoms with E-state index in [0.717, 1.165) is 6.54 Å². The van der Waals surface area contributed by atoms with Gasteiger partial charge in [-0.3, -0.25) is 0 Å². The Labute approximate surface area is 97.8 Å². The van der Waals surface area contributed by atoms with Crippen molar-refractivity contribution in [1.29, 1.82) is 0 Å². The molecule has 0 amide bonds.